The first-order valence-electron chi connectivity index (χ1n) is 4.79. The highest BCUT2D eigenvalue weighted by Crippen LogP contribution is 2.52. The molecule has 1 saturated carbocycles. The molecule has 1 fully saturated rings. The van der Waals surface area contributed by atoms with Crippen molar-refractivity contribution in [2.75, 3.05) is 6.54 Å². The standard InChI is InChI=1S/C11H12BrN/c12-10-8-3-1-2-4-9(8)11(5-6-11)7-13-10/h1-4,10,13H,5-7H2. The van der Waals surface area contributed by atoms with Gasteiger partial charge in [0, 0.05) is 12.0 Å². The summed E-state index contributed by atoms with van der Waals surface area (Å²) in [5, 5.41) is 3.51. The third-order valence-corrected chi connectivity index (χ3v) is 4.10. The zero-order chi connectivity index (χ0) is 8.89. The van der Waals surface area contributed by atoms with Gasteiger partial charge in [0.1, 0.15) is 0 Å². The molecule has 1 nitrogen and oxygen atoms in total. The van der Waals surface area contributed by atoms with Crippen molar-refractivity contribution in [1.29, 1.82) is 0 Å². The topological polar surface area (TPSA) is 12.0 Å². The Morgan fingerprint density at radius 2 is 2.08 bits per heavy atom. The summed E-state index contributed by atoms with van der Waals surface area (Å²) in [6, 6.07) is 8.79. The van der Waals surface area contributed by atoms with E-state index in [4.69, 9.17) is 0 Å². The number of fused-ring (bicyclic) bond motifs is 2. The summed E-state index contributed by atoms with van der Waals surface area (Å²) in [4.78, 5) is 0.356. The van der Waals surface area contributed by atoms with Crippen molar-refractivity contribution in [3.05, 3.63) is 35.4 Å². The van der Waals surface area contributed by atoms with Crippen LogP contribution in [0.5, 0.6) is 0 Å². The van der Waals surface area contributed by atoms with Crippen LogP contribution in [0.3, 0.4) is 0 Å². The Morgan fingerprint density at radius 3 is 2.85 bits per heavy atom. The fourth-order valence-electron chi connectivity index (χ4n) is 2.29. The molecule has 1 aliphatic heterocycles. The van der Waals surface area contributed by atoms with Crippen molar-refractivity contribution in [3.63, 3.8) is 0 Å². The van der Waals surface area contributed by atoms with Gasteiger partial charge in [-0.15, -0.1) is 0 Å². The van der Waals surface area contributed by atoms with Crippen LogP contribution in [0.1, 0.15) is 28.9 Å². The van der Waals surface area contributed by atoms with E-state index in [0.717, 1.165) is 6.54 Å². The van der Waals surface area contributed by atoms with Gasteiger partial charge in [-0.05, 0) is 24.0 Å². The van der Waals surface area contributed by atoms with Crippen molar-refractivity contribution >= 4 is 15.9 Å². The van der Waals surface area contributed by atoms with Gasteiger partial charge in [-0.3, -0.25) is 0 Å². The number of nitrogens with one attached hydrogen (secondary N) is 1. The molecule has 1 aromatic carbocycles. The van der Waals surface area contributed by atoms with E-state index in [1.54, 1.807) is 5.56 Å². The highest BCUT2D eigenvalue weighted by Gasteiger charge is 2.48. The van der Waals surface area contributed by atoms with Crippen molar-refractivity contribution in [2.45, 2.75) is 23.2 Å². The lowest BCUT2D eigenvalue weighted by atomic mass is 9.88. The van der Waals surface area contributed by atoms with Crippen LogP contribution in [0.4, 0.5) is 0 Å². The largest absolute Gasteiger partial charge is 0.300 e. The molecule has 1 unspecified atom stereocenters. The van der Waals surface area contributed by atoms with Gasteiger partial charge < -0.3 is 5.32 Å². The molecule has 1 aliphatic carbocycles. The molecule has 1 aromatic rings. The minimum absolute atomic E-state index is 0.356. The lowest BCUT2D eigenvalue weighted by molar-refractivity contribution is 0.528. The molecule has 2 heteroatoms. The molecule has 13 heavy (non-hydrogen) atoms. The summed E-state index contributed by atoms with van der Waals surface area (Å²) in [6.45, 7) is 1.14. The van der Waals surface area contributed by atoms with Crippen LogP contribution >= 0.6 is 15.9 Å². The first kappa shape index (κ1) is 8.01. The number of rotatable bonds is 0. The van der Waals surface area contributed by atoms with Crippen LogP contribution in [0.25, 0.3) is 0 Å². The fraction of sp³-hybridized carbons (Fsp3) is 0.455. The number of hydrogen-bond donors (Lipinski definition) is 1. The van der Waals surface area contributed by atoms with Gasteiger partial charge in [-0.2, -0.15) is 0 Å². The molecule has 1 heterocycles. The lowest BCUT2D eigenvalue weighted by Crippen LogP contribution is -2.34. The lowest BCUT2D eigenvalue weighted by Gasteiger charge is -2.29. The van der Waals surface area contributed by atoms with Crippen molar-refractivity contribution in [1.82, 2.24) is 5.32 Å². The molecule has 3 rings (SSSR count). The fourth-order valence-corrected chi connectivity index (χ4v) is 2.85. The molecule has 0 bridgehead atoms. The van der Waals surface area contributed by atoms with Crippen molar-refractivity contribution in [2.24, 2.45) is 0 Å². The van der Waals surface area contributed by atoms with E-state index in [1.165, 1.54) is 18.4 Å². The number of hydrogen-bond acceptors (Lipinski definition) is 1. The van der Waals surface area contributed by atoms with Gasteiger partial charge >= 0.3 is 0 Å². The van der Waals surface area contributed by atoms with E-state index in [9.17, 15) is 0 Å². The predicted octanol–water partition coefficient (Wildman–Crippen LogP) is 2.71. The Hall–Kier alpha value is -0.340. The average molecular weight is 238 g/mol. The van der Waals surface area contributed by atoms with Gasteiger partial charge in [0.05, 0.1) is 4.95 Å². The Labute approximate surface area is 86.7 Å². The second-order valence-electron chi connectivity index (χ2n) is 4.11. The second kappa shape index (κ2) is 2.58. The summed E-state index contributed by atoms with van der Waals surface area (Å²) in [7, 11) is 0. The number of alkyl halides is 1. The maximum atomic E-state index is 3.66. The van der Waals surface area contributed by atoms with E-state index >= 15 is 0 Å². The Kier molecular flexibility index (Phi) is 1.59. The summed E-state index contributed by atoms with van der Waals surface area (Å²) < 4.78 is 0. The van der Waals surface area contributed by atoms with Gasteiger partial charge in [-0.25, -0.2) is 0 Å². The van der Waals surface area contributed by atoms with E-state index in [2.05, 4.69) is 45.5 Å². The third-order valence-electron chi connectivity index (χ3n) is 3.28. The van der Waals surface area contributed by atoms with Gasteiger partial charge in [0.25, 0.3) is 0 Å². The molecule has 2 aliphatic rings. The molecule has 0 radical (unpaired) electrons. The summed E-state index contributed by atoms with van der Waals surface area (Å²) >= 11 is 3.66. The first-order chi connectivity index (χ1) is 6.32. The van der Waals surface area contributed by atoms with Crippen LogP contribution in [0.15, 0.2) is 24.3 Å². The van der Waals surface area contributed by atoms with Gasteiger partial charge in [0.15, 0.2) is 0 Å². The quantitative estimate of drug-likeness (QED) is 0.541. The molecule has 1 spiro atoms. The number of halogens is 1. The van der Waals surface area contributed by atoms with Crippen LogP contribution in [-0.4, -0.2) is 6.54 Å². The predicted molar refractivity (Wildman–Crippen MR) is 57.0 cm³/mol. The number of benzene rings is 1. The van der Waals surface area contributed by atoms with E-state index in [0.29, 0.717) is 10.4 Å². The molecular formula is C11H12BrN. The normalized spacial score (nSPS) is 28.5. The monoisotopic (exact) mass is 237 g/mol. The summed E-state index contributed by atoms with van der Waals surface area (Å²) in [5.41, 5.74) is 3.50. The first-order valence-corrected chi connectivity index (χ1v) is 5.70. The molecule has 0 aromatic heterocycles. The van der Waals surface area contributed by atoms with Crippen LogP contribution in [0.2, 0.25) is 0 Å². The highest BCUT2D eigenvalue weighted by atomic mass is 79.9. The highest BCUT2D eigenvalue weighted by molar-refractivity contribution is 9.09. The minimum atomic E-state index is 0.356. The van der Waals surface area contributed by atoms with Crippen molar-refractivity contribution < 1.29 is 0 Å². The summed E-state index contributed by atoms with van der Waals surface area (Å²) in [6.07, 6.45) is 2.72. The maximum Gasteiger partial charge on any atom is 0.0889 e. The average Bonchev–Trinajstić information content (AvgIpc) is 2.94. The summed E-state index contributed by atoms with van der Waals surface area (Å²) in [5.74, 6) is 0. The van der Waals surface area contributed by atoms with Crippen LogP contribution in [-0.2, 0) is 5.41 Å². The smallest absolute Gasteiger partial charge is 0.0889 e. The molecule has 0 saturated heterocycles. The van der Waals surface area contributed by atoms with E-state index in [-0.39, 0.29) is 0 Å². The minimum Gasteiger partial charge on any atom is -0.300 e. The second-order valence-corrected chi connectivity index (χ2v) is 5.03. The Morgan fingerprint density at radius 1 is 1.31 bits per heavy atom. The molecule has 68 valence electrons. The van der Waals surface area contributed by atoms with Gasteiger partial charge in [-0.1, -0.05) is 40.2 Å². The molecule has 1 atom stereocenters. The molecule has 0 amide bonds. The SMILES string of the molecule is BrC1NCC2(CC2)c2ccccc21. The Bertz CT molecular complexity index is 344. The van der Waals surface area contributed by atoms with Crippen LogP contribution in [0, 0.1) is 0 Å². The molecule has 1 N–H and O–H groups in total. The maximum absolute atomic E-state index is 3.66. The van der Waals surface area contributed by atoms with Crippen molar-refractivity contribution in [3.8, 4) is 0 Å². The van der Waals surface area contributed by atoms with E-state index < -0.39 is 0 Å². The van der Waals surface area contributed by atoms with Gasteiger partial charge in [0.2, 0.25) is 0 Å². The zero-order valence-electron chi connectivity index (χ0n) is 7.39. The molecular weight excluding hydrogens is 226 g/mol. The third kappa shape index (κ3) is 1.09. The van der Waals surface area contributed by atoms with E-state index in [1.807, 2.05) is 0 Å². The zero-order valence-corrected chi connectivity index (χ0v) is 8.97. The Balaban J connectivity index is 2.16. The van der Waals surface area contributed by atoms with Crippen LogP contribution < -0.4 is 5.32 Å².